The van der Waals surface area contributed by atoms with E-state index in [0.717, 1.165) is 10.0 Å². The van der Waals surface area contributed by atoms with Crippen LogP contribution in [0.3, 0.4) is 0 Å². The normalized spacial score (nSPS) is 18.0. The lowest BCUT2D eigenvalue weighted by Crippen LogP contribution is -2.29. The van der Waals surface area contributed by atoms with E-state index in [1.807, 2.05) is 25.1 Å². The minimum Gasteiger partial charge on any atom is -0.350 e. The van der Waals surface area contributed by atoms with Crippen LogP contribution in [-0.2, 0) is 4.79 Å². The van der Waals surface area contributed by atoms with Crippen molar-refractivity contribution < 1.29 is 4.79 Å². The standard InChI is InChI=1S/C16H22BrNO/c1-12(14-9-5-6-10-15(14)17)18-16(19)11-13-7-3-2-4-8-13/h5-6,9-10,12-13H,2-4,7-8,11H2,1H3,(H,18,19). The molecule has 0 heterocycles. The summed E-state index contributed by atoms with van der Waals surface area (Å²) in [6.45, 7) is 2.04. The number of carbonyl (C=O) groups is 1. The number of hydrogen-bond donors (Lipinski definition) is 1. The van der Waals surface area contributed by atoms with Crippen molar-refractivity contribution >= 4 is 21.8 Å². The lowest BCUT2D eigenvalue weighted by molar-refractivity contribution is -0.122. The number of rotatable bonds is 4. The van der Waals surface area contributed by atoms with E-state index < -0.39 is 0 Å². The van der Waals surface area contributed by atoms with Gasteiger partial charge in [0, 0.05) is 10.9 Å². The van der Waals surface area contributed by atoms with Crippen LogP contribution in [0.1, 0.15) is 57.1 Å². The summed E-state index contributed by atoms with van der Waals surface area (Å²) in [5.41, 5.74) is 1.14. The van der Waals surface area contributed by atoms with Gasteiger partial charge in [0.05, 0.1) is 6.04 Å². The molecular weight excluding hydrogens is 302 g/mol. The van der Waals surface area contributed by atoms with Gasteiger partial charge in [-0.25, -0.2) is 0 Å². The third-order valence-corrected chi connectivity index (χ3v) is 4.67. The first-order valence-electron chi connectivity index (χ1n) is 7.20. The Balaban J connectivity index is 1.86. The summed E-state index contributed by atoms with van der Waals surface area (Å²) in [4.78, 5) is 12.1. The first-order chi connectivity index (χ1) is 9.16. The van der Waals surface area contributed by atoms with E-state index in [9.17, 15) is 4.79 Å². The Labute approximate surface area is 124 Å². The van der Waals surface area contributed by atoms with Crippen LogP contribution < -0.4 is 5.32 Å². The molecule has 2 nitrogen and oxygen atoms in total. The van der Waals surface area contributed by atoms with Gasteiger partial charge >= 0.3 is 0 Å². The van der Waals surface area contributed by atoms with E-state index in [1.54, 1.807) is 0 Å². The van der Waals surface area contributed by atoms with Crippen LogP contribution in [-0.4, -0.2) is 5.91 Å². The van der Waals surface area contributed by atoms with Crippen molar-refractivity contribution in [2.24, 2.45) is 5.92 Å². The highest BCUT2D eigenvalue weighted by Crippen LogP contribution is 2.27. The number of nitrogens with one attached hydrogen (secondary N) is 1. The molecule has 2 rings (SSSR count). The lowest BCUT2D eigenvalue weighted by atomic mass is 9.87. The highest BCUT2D eigenvalue weighted by molar-refractivity contribution is 9.10. The molecule has 1 aliphatic carbocycles. The van der Waals surface area contributed by atoms with Gasteiger partial charge in [-0.1, -0.05) is 53.4 Å². The molecule has 1 atom stereocenters. The molecule has 0 aromatic heterocycles. The molecule has 19 heavy (non-hydrogen) atoms. The fourth-order valence-electron chi connectivity index (χ4n) is 2.86. The van der Waals surface area contributed by atoms with Crippen molar-refractivity contribution in [3.05, 3.63) is 34.3 Å². The predicted molar refractivity (Wildman–Crippen MR) is 81.9 cm³/mol. The second-order valence-electron chi connectivity index (χ2n) is 5.52. The van der Waals surface area contributed by atoms with Gasteiger partial charge in [-0.2, -0.15) is 0 Å². The third-order valence-electron chi connectivity index (χ3n) is 3.95. The topological polar surface area (TPSA) is 29.1 Å². The largest absolute Gasteiger partial charge is 0.350 e. The Kier molecular flexibility index (Phi) is 5.44. The van der Waals surface area contributed by atoms with Crippen LogP contribution in [0.2, 0.25) is 0 Å². The van der Waals surface area contributed by atoms with Gasteiger partial charge in [0.25, 0.3) is 0 Å². The van der Waals surface area contributed by atoms with E-state index in [-0.39, 0.29) is 11.9 Å². The smallest absolute Gasteiger partial charge is 0.220 e. The molecule has 3 heteroatoms. The number of halogens is 1. The van der Waals surface area contributed by atoms with Crippen molar-refractivity contribution in [1.82, 2.24) is 5.32 Å². The Morgan fingerprint density at radius 3 is 2.68 bits per heavy atom. The Bertz CT molecular complexity index is 427. The van der Waals surface area contributed by atoms with E-state index >= 15 is 0 Å². The summed E-state index contributed by atoms with van der Waals surface area (Å²) >= 11 is 3.53. The Hall–Kier alpha value is -0.830. The predicted octanol–water partition coefficient (Wildman–Crippen LogP) is 4.60. The SMILES string of the molecule is CC(NC(=O)CC1CCCCC1)c1ccccc1Br. The van der Waals surface area contributed by atoms with Gasteiger partial charge < -0.3 is 5.32 Å². The maximum absolute atomic E-state index is 12.1. The molecule has 0 saturated heterocycles. The molecule has 104 valence electrons. The molecule has 1 aliphatic rings. The van der Waals surface area contributed by atoms with Crippen molar-refractivity contribution in [1.29, 1.82) is 0 Å². The zero-order valence-electron chi connectivity index (χ0n) is 11.5. The van der Waals surface area contributed by atoms with Crippen LogP contribution in [0, 0.1) is 5.92 Å². The van der Waals surface area contributed by atoms with Gasteiger partial charge in [0.1, 0.15) is 0 Å². The molecule has 1 saturated carbocycles. The van der Waals surface area contributed by atoms with Crippen LogP contribution >= 0.6 is 15.9 Å². The zero-order valence-corrected chi connectivity index (χ0v) is 13.1. The Morgan fingerprint density at radius 2 is 2.00 bits per heavy atom. The first-order valence-corrected chi connectivity index (χ1v) is 8.00. The summed E-state index contributed by atoms with van der Waals surface area (Å²) in [6, 6.07) is 8.12. The molecule has 0 aliphatic heterocycles. The van der Waals surface area contributed by atoms with Crippen molar-refractivity contribution in [3.8, 4) is 0 Å². The highest BCUT2D eigenvalue weighted by Gasteiger charge is 2.18. The molecule has 0 bridgehead atoms. The fraction of sp³-hybridized carbons (Fsp3) is 0.562. The molecule has 1 N–H and O–H groups in total. The number of hydrogen-bond acceptors (Lipinski definition) is 1. The van der Waals surface area contributed by atoms with Crippen molar-refractivity contribution in [3.63, 3.8) is 0 Å². The monoisotopic (exact) mass is 323 g/mol. The molecular formula is C16H22BrNO. The third kappa shape index (κ3) is 4.34. The summed E-state index contributed by atoms with van der Waals surface area (Å²) < 4.78 is 1.06. The molecule has 1 fully saturated rings. The summed E-state index contributed by atoms with van der Waals surface area (Å²) in [7, 11) is 0. The van der Waals surface area contributed by atoms with Gasteiger partial charge in [0.15, 0.2) is 0 Å². The van der Waals surface area contributed by atoms with Crippen LogP contribution in [0.4, 0.5) is 0 Å². The maximum Gasteiger partial charge on any atom is 0.220 e. The minimum absolute atomic E-state index is 0.0617. The molecule has 0 radical (unpaired) electrons. The first kappa shape index (κ1) is 14.6. The number of benzene rings is 1. The van der Waals surface area contributed by atoms with Crippen molar-refractivity contribution in [2.45, 2.75) is 51.5 Å². The van der Waals surface area contributed by atoms with E-state index in [0.29, 0.717) is 12.3 Å². The van der Waals surface area contributed by atoms with Gasteiger partial charge in [-0.15, -0.1) is 0 Å². The van der Waals surface area contributed by atoms with E-state index in [1.165, 1.54) is 32.1 Å². The van der Waals surface area contributed by atoms with Crippen LogP contribution in [0.25, 0.3) is 0 Å². The molecule has 1 aromatic rings. The lowest BCUT2D eigenvalue weighted by Gasteiger charge is -2.22. The van der Waals surface area contributed by atoms with Gasteiger partial charge in [0.2, 0.25) is 5.91 Å². The molecule has 0 spiro atoms. The van der Waals surface area contributed by atoms with Crippen molar-refractivity contribution in [2.75, 3.05) is 0 Å². The zero-order chi connectivity index (χ0) is 13.7. The van der Waals surface area contributed by atoms with Gasteiger partial charge in [-0.3, -0.25) is 4.79 Å². The van der Waals surface area contributed by atoms with Gasteiger partial charge in [-0.05, 0) is 37.3 Å². The fourth-order valence-corrected chi connectivity index (χ4v) is 3.49. The number of amides is 1. The molecule has 1 aromatic carbocycles. The molecule has 1 unspecified atom stereocenters. The van der Waals surface area contributed by atoms with Crippen LogP contribution in [0.5, 0.6) is 0 Å². The average molecular weight is 324 g/mol. The van der Waals surface area contributed by atoms with Crippen LogP contribution in [0.15, 0.2) is 28.7 Å². The summed E-state index contributed by atoms with van der Waals surface area (Å²) in [5, 5.41) is 3.12. The summed E-state index contributed by atoms with van der Waals surface area (Å²) in [6.07, 6.45) is 7.05. The average Bonchev–Trinajstić information content (AvgIpc) is 2.40. The maximum atomic E-state index is 12.1. The molecule has 1 amide bonds. The summed E-state index contributed by atoms with van der Waals surface area (Å²) in [5.74, 6) is 0.787. The quantitative estimate of drug-likeness (QED) is 0.862. The number of carbonyl (C=O) groups excluding carboxylic acids is 1. The minimum atomic E-state index is 0.0617. The second-order valence-corrected chi connectivity index (χ2v) is 6.37. The van der Waals surface area contributed by atoms with E-state index in [2.05, 4.69) is 27.3 Å². The highest BCUT2D eigenvalue weighted by atomic mass is 79.9. The second kappa shape index (κ2) is 7.09. The Morgan fingerprint density at radius 1 is 1.32 bits per heavy atom. The van der Waals surface area contributed by atoms with E-state index in [4.69, 9.17) is 0 Å².